The molecule has 0 atom stereocenters. The molecule has 0 aliphatic carbocycles. The molecule has 0 unspecified atom stereocenters. The van der Waals surface area contributed by atoms with Crippen molar-refractivity contribution in [1.82, 2.24) is 19.9 Å². The van der Waals surface area contributed by atoms with Gasteiger partial charge in [-0.2, -0.15) is 0 Å². The number of aryl methyl sites for hydroxylation is 4. The predicted molar refractivity (Wildman–Crippen MR) is 265 cm³/mol. The van der Waals surface area contributed by atoms with Crippen molar-refractivity contribution in [1.29, 1.82) is 0 Å². The molecule has 9 rings (SSSR count). The van der Waals surface area contributed by atoms with Gasteiger partial charge in [-0.05, 0) is 143 Å². The average Bonchev–Trinajstić information content (AvgIpc) is 3.32. The van der Waals surface area contributed by atoms with Gasteiger partial charge in [0.1, 0.15) is 23.3 Å². The quantitative estimate of drug-likeness (QED) is 0.121. The zero-order chi connectivity index (χ0) is 44.2. The number of hydrogen-bond donors (Lipinski definition) is 0. The van der Waals surface area contributed by atoms with E-state index in [2.05, 4.69) is 212 Å². The molecule has 4 heterocycles. The maximum atomic E-state index is 5.73. The summed E-state index contributed by atoms with van der Waals surface area (Å²) in [7, 11) is 0. The molecule has 0 N–H and O–H groups in total. The van der Waals surface area contributed by atoms with Crippen LogP contribution in [0.25, 0.3) is 0 Å². The Balaban J connectivity index is 1.25. The molecule has 0 radical (unpaired) electrons. The van der Waals surface area contributed by atoms with Gasteiger partial charge < -0.3 is 4.90 Å². The SMILES string of the molecule is Cc1ccccc1N(c1ccccc1)c1ccnc(N(c2ccccc2)c2nc(N(c3ccccc3)c3ccnc(N(c4ccccc4)c4ccncc4C)c3C)c(C)cc2C)c1C. The number of anilines is 12. The van der Waals surface area contributed by atoms with Crippen molar-refractivity contribution in [3.05, 3.63) is 228 Å². The maximum absolute atomic E-state index is 5.73. The molecule has 8 nitrogen and oxygen atoms in total. The summed E-state index contributed by atoms with van der Waals surface area (Å²) in [5.41, 5.74) is 14.3. The number of benzene rings is 5. The largest absolute Gasteiger partial charge is 0.310 e. The van der Waals surface area contributed by atoms with E-state index in [0.29, 0.717) is 0 Å². The standard InChI is InChI=1S/C56H50N8/c1-39-21-19-20-30-49(39)61(45-22-11-7-12-23-45)51-32-35-59-56(43(51)5)64(48-28-17-10-18-29-48)54-41(3)37-40(2)53(60-54)63(47-26-15-9-16-27-47)52-33-36-58-55(44(52)6)62(46-24-13-8-14-25-46)50-31-34-57-38-42(50)4/h7-38H,1-6H3. The lowest BCUT2D eigenvalue weighted by Gasteiger charge is -2.33. The van der Waals surface area contributed by atoms with Crippen LogP contribution in [0.15, 0.2) is 195 Å². The number of pyridine rings is 4. The monoisotopic (exact) mass is 834 g/mol. The Kier molecular flexibility index (Phi) is 11.7. The van der Waals surface area contributed by atoms with Crippen molar-refractivity contribution in [2.75, 3.05) is 19.6 Å². The third-order valence-electron chi connectivity index (χ3n) is 11.6. The second kappa shape index (κ2) is 18.1. The number of hydrogen-bond acceptors (Lipinski definition) is 8. The normalized spacial score (nSPS) is 11.0. The van der Waals surface area contributed by atoms with Crippen molar-refractivity contribution in [2.24, 2.45) is 0 Å². The summed E-state index contributed by atoms with van der Waals surface area (Å²) in [5.74, 6) is 3.15. The van der Waals surface area contributed by atoms with Crippen LogP contribution in [0, 0.1) is 41.5 Å². The molecule has 0 aliphatic rings. The topological polar surface area (TPSA) is 64.5 Å². The number of para-hydroxylation sites is 5. The van der Waals surface area contributed by atoms with Crippen molar-refractivity contribution in [2.45, 2.75) is 41.5 Å². The first-order chi connectivity index (χ1) is 31.3. The number of nitrogens with zero attached hydrogens (tertiary/aromatic N) is 8. The molecular weight excluding hydrogens is 785 g/mol. The Hall–Kier alpha value is -8.10. The second-order valence-electron chi connectivity index (χ2n) is 16.0. The lowest BCUT2D eigenvalue weighted by atomic mass is 10.1. The van der Waals surface area contributed by atoms with Crippen LogP contribution in [-0.2, 0) is 0 Å². The molecule has 9 aromatic rings. The zero-order valence-corrected chi connectivity index (χ0v) is 37.1. The minimum atomic E-state index is 0.771. The molecule has 0 fully saturated rings. The van der Waals surface area contributed by atoms with Crippen LogP contribution in [-0.4, -0.2) is 19.9 Å². The highest BCUT2D eigenvalue weighted by Crippen LogP contribution is 2.47. The molecule has 64 heavy (non-hydrogen) atoms. The van der Waals surface area contributed by atoms with E-state index in [1.807, 2.05) is 49.1 Å². The summed E-state index contributed by atoms with van der Waals surface area (Å²) in [6, 6.07) is 58.8. The first-order valence-electron chi connectivity index (χ1n) is 21.6. The minimum absolute atomic E-state index is 0.771. The van der Waals surface area contributed by atoms with E-state index in [-0.39, 0.29) is 0 Å². The van der Waals surface area contributed by atoms with E-state index < -0.39 is 0 Å². The summed E-state index contributed by atoms with van der Waals surface area (Å²) >= 11 is 0. The number of rotatable bonds is 12. The van der Waals surface area contributed by atoms with E-state index in [9.17, 15) is 0 Å². The van der Waals surface area contributed by atoms with Crippen LogP contribution in [0.1, 0.15) is 33.4 Å². The van der Waals surface area contributed by atoms with E-state index >= 15 is 0 Å². The fraction of sp³-hybridized carbons (Fsp3) is 0.107. The van der Waals surface area contributed by atoms with Crippen LogP contribution in [0.4, 0.5) is 68.8 Å². The first kappa shape index (κ1) is 41.3. The third-order valence-corrected chi connectivity index (χ3v) is 11.6. The highest BCUT2D eigenvalue weighted by molar-refractivity contribution is 5.88. The molecule has 5 aromatic carbocycles. The lowest BCUT2D eigenvalue weighted by Crippen LogP contribution is -2.21. The molecule has 0 aliphatic heterocycles. The summed E-state index contributed by atoms with van der Waals surface area (Å²) in [4.78, 5) is 29.4. The van der Waals surface area contributed by atoms with Crippen molar-refractivity contribution in [3.8, 4) is 0 Å². The van der Waals surface area contributed by atoms with Crippen LogP contribution in [0.2, 0.25) is 0 Å². The first-order valence-corrected chi connectivity index (χ1v) is 21.6. The Bertz CT molecular complexity index is 2830. The van der Waals surface area contributed by atoms with Crippen LogP contribution < -0.4 is 19.6 Å². The van der Waals surface area contributed by atoms with E-state index in [1.165, 1.54) is 5.56 Å². The van der Waals surface area contributed by atoms with E-state index in [1.54, 1.807) is 0 Å². The molecule has 0 saturated carbocycles. The summed E-state index contributed by atoms with van der Waals surface area (Å²) in [6.45, 7) is 12.8. The van der Waals surface area contributed by atoms with Gasteiger partial charge in [0.15, 0.2) is 0 Å². The van der Waals surface area contributed by atoms with Crippen molar-refractivity contribution < 1.29 is 0 Å². The maximum Gasteiger partial charge on any atom is 0.144 e. The summed E-state index contributed by atoms with van der Waals surface area (Å²) in [5, 5.41) is 0. The molecule has 314 valence electrons. The van der Waals surface area contributed by atoms with Crippen LogP contribution in [0.5, 0.6) is 0 Å². The Morgan fingerprint density at radius 3 is 1.22 bits per heavy atom. The molecule has 4 aromatic heterocycles. The van der Waals surface area contributed by atoms with Gasteiger partial charge in [0.05, 0.1) is 17.1 Å². The number of aromatic nitrogens is 4. The third kappa shape index (κ3) is 7.93. The van der Waals surface area contributed by atoms with Gasteiger partial charge in [0, 0.05) is 64.4 Å². The fourth-order valence-corrected chi connectivity index (χ4v) is 8.49. The minimum Gasteiger partial charge on any atom is -0.310 e. The van der Waals surface area contributed by atoms with Gasteiger partial charge in [0.25, 0.3) is 0 Å². The smallest absolute Gasteiger partial charge is 0.144 e. The van der Waals surface area contributed by atoms with Gasteiger partial charge in [-0.15, -0.1) is 0 Å². The zero-order valence-electron chi connectivity index (χ0n) is 37.1. The van der Waals surface area contributed by atoms with Crippen LogP contribution >= 0.6 is 0 Å². The second-order valence-corrected chi connectivity index (χ2v) is 16.0. The summed E-state index contributed by atoms with van der Waals surface area (Å²) in [6.07, 6.45) is 7.54. The summed E-state index contributed by atoms with van der Waals surface area (Å²) < 4.78 is 0. The van der Waals surface area contributed by atoms with Gasteiger partial charge in [-0.25, -0.2) is 15.0 Å². The predicted octanol–water partition coefficient (Wildman–Crippen LogP) is 15.0. The lowest BCUT2D eigenvalue weighted by molar-refractivity contribution is 1.05. The highest BCUT2D eigenvalue weighted by atomic mass is 15.3. The molecule has 0 saturated heterocycles. The molecular formula is C56H50N8. The van der Waals surface area contributed by atoms with Gasteiger partial charge in [-0.1, -0.05) is 91.0 Å². The van der Waals surface area contributed by atoms with Gasteiger partial charge in [0.2, 0.25) is 0 Å². The molecule has 8 heteroatoms. The average molecular weight is 835 g/mol. The molecule has 0 bridgehead atoms. The van der Waals surface area contributed by atoms with Crippen LogP contribution in [0.3, 0.4) is 0 Å². The van der Waals surface area contributed by atoms with Gasteiger partial charge in [-0.3, -0.25) is 19.7 Å². The van der Waals surface area contributed by atoms with Crippen molar-refractivity contribution >= 4 is 68.8 Å². The molecule has 0 spiro atoms. The Morgan fingerprint density at radius 2 is 0.703 bits per heavy atom. The molecule has 0 amide bonds. The Labute approximate surface area is 376 Å². The Morgan fingerprint density at radius 1 is 0.312 bits per heavy atom. The van der Waals surface area contributed by atoms with Gasteiger partial charge >= 0.3 is 0 Å². The van der Waals surface area contributed by atoms with E-state index in [0.717, 1.165) is 96.6 Å². The van der Waals surface area contributed by atoms with E-state index in [4.69, 9.17) is 15.0 Å². The highest BCUT2D eigenvalue weighted by Gasteiger charge is 2.28. The fourth-order valence-electron chi connectivity index (χ4n) is 8.49. The van der Waals surface area contributed by atoms with Crippen molar-refractivity contribution in [3.63, 3.8) is 0 Å².